The molecule has 0 spiro atoms. The number of ether oxygens (including phenoxy) is 2. The Balaban J connectivity index is 1.47. The largest absolute Gasteiger partial charge is 0.444 e. The van der Waals surface area contributed by atoms with Gasteiger partial charge in [-0.25, -0.2) is 9.78 Å². The number of guanidine groups is 1. The predicted molar refractivity (Wildman–Crippen MR) is 121 cm³/mol. The van der Waals surface area contributed by atoms with Crippen LogP contribution in [0.15, 0.2) is 23.3 Å². The molecular weight excluding hydrogens is 396 g/mol. The van der Waals surface area contributed by atoms with Gasteiger partial charge in [-0.2, -0.15) is 0 Å². The standard InChI is InChI=1S/C22H36N6O3/c1-16-14-27(10-11-30-16)19-7-6-17(12-24-19)13-25-20(23-5)28-9-8-18(15-28)26-21(29)31-22(2,3)4/h6-7,12,16,18H,8-11,13-15H2,1-5H3,(H,23,25)(H,26,29). The van der Waals surface area contributed by atoms with Gasteiger partial charge in [-0.3, -0.25) is 4.99 Å². The Labute approximate surface area is 185 Å². The monoisotopic (exact) mass is 432 g/mol. The first-order valence-corrected chi connectivity index (χ1v) is 11.0. The average Bonchev–Trinajstić information content (AvgIpc) is 3.15. The molecule has 1 amide bonds. The third-order valence-corrected chi connectivity index (χ3v) is 5.25. The van der Waals surface area contributed by atoms with Crippen LogP contribution in [0.1, 0.15) is 39.7 Å². The number of nitrogens with one attached hydrogen (secondary N) is 2. The van der Waals surface area contributed by atoms with E-state index in [1.54, 1.807) is 7.05 Å². The molecule has 0 aromatic carbocycles. The van der Waals surface area contributed by atoms with Crippen molar-refractivity contribution in [1.82, 2.24) is 20.5 Å². The average molecular weight is 433 g/mol. The van der Waals surface area contributed by atoms with E-state index in [2.05, 4.69) is 49.5 Å². The molecule has 1 aromatic rings. The lowest BCUT2D eigenvalue weighted by Gasteiger charge is -2.32. The fourth-order valence-electron chi connectivity index (χ4n) is 3.79. The molecule has 31 heavy (non-hydrogen) atoms. The number of likely N-dealkylation sites (tertiary alicyclic amines) is 1. The maximum atomic E-state index is 12.0. The van der Waals surface area contributed by atoms with Crippen molar-refractivity contribution in [2.24, 2.45) is 4.99 Å². The number of rotatable bonds is 4. The minimum absolute atomic E-state index is 0.0465. The molecule has 2 N–H and O–H groups in total. The summed E-state index contributed by atoms with van der Waals surface area (Å²) in [6.45, 7) is 12.3. The highest BCUT2D eigenvalue weighted by atomic mass is 16.6. The van der Waals surface area contributed by atoms with Gasteiger partial charge in [0.1, 0.15) is 11.4 Å². The van der Waals surface area contributed by atoms with E-state index < -0.39 is 5.60 Å². The molecule has 0 aliphatic carbocycles. The fraction of sp³-hybridized carbons (Fsp3) is 0.682. The van der Waals surface area contributed by atoms with Crippen LogP contribution in [0.4, 0.5) is 10.6 Å². The Morgan fingerprint density at radius 3 is 2.77 bits per heavy atom. The van der Waals surface area contributed by atoms with Gasteiger partial charge in [0, 0.05) is 46.0 Å². The number of carbonyl (C=O) groups is 1. The second kappa shape index (κ2) is 10.2. The van der Waals surface area contributed by atoms with Gasteiger partial charge in [-0.1, -0.05) is 6.07 Å². The quantitative estimate of drug-likeness (QED) is 0.555. The van der Waals surface area contributed by atoms with Crippen LogP contribution in [0.3, 0.4) is 0 Å². The van der Waals surface area contributed by atoms with Crippen LogP contribution >= 0.6 is 0 Å². The van der Waals surface area contributed by atoms with E-state index in [1.165, 1.54) is 0 Å². The zero-order chi connectivity index (χ0) is 22.4. The molecule has 3 rings (SSSR count). The van der Waals surface area contributed by atoms with Crippen LogP contribution in [-0.2, 0) is 16.0 Å². The van der Waals surface area contributed by atoms with E-state index in [0.29, 0.717) is 13.1 Å². The van der Waals surface area contributed by atoms with Gasteiger partial charge < -0.3 is 29.9 Å². The SMILES string of the molecule is CN=C(NCc1ccc(N2CCOC(C)C2)nc1)N1CCC(NC(=O)OC(C)(C)C)C1. The second-order valence-electron chi connectivity index (χ2n) is 9.13. The van der Waals surface area contributed by atoms with Crippen molar-refractivity contribution in [3.8, 4) is 0 Å². The Morgan fingerprint density at radius 2 is 2.13 bits per heavy atom. The summed E-state index contributed by atoms with van der Waals surface area (Å²) in [6, 6.07) is 4.21. The highest BCUT2D eigenvalue weighted by molar-refractivity contribution is 5.80. The van der Waals surface area contributed by atoms with Gasteiger partial charge in [0.25, 0.3) is 0 Å². The molecule has 2 fully saturated rings. The number of morpholine rings is 1. The molecule has 0 radical (unpaired) electrons. The number of anilines is 1. The van der Waals surface area contributed by atoms with E-state index in [9.17, 15) is 4.79 Å². The van der Waals surface area contributed by atoms with Gasteiger partial charge in [0.05, 0.1) is 18.8 Å². The molecule has 2 aliphatic heterocycles. The lowest BCUT2D eigenvalue weighted by molar-refractivity contribution is 0.0506. The summed E-state index contributed by atoms with van der Waals surface area (Å²) in [5.74, 6) is 1.80. The number of hydrogen-bond donors (Lipinski definition) is 2. The van der Waals surface area contributed by atoms with E-state index in [1.807, 2.05) is 27.0 Å². The van der Waals surface area contributed by atoms with Gasteiger partial charge in [-0.05, 0) is 45.7 Å². The van der Waals surface area contributed by atoms with Crippen LogP contribution in [0.2, 0.25) is 0 Å². The molecule has 2 saturated heterocycles. The van der Waals surface area contributed by atoms with E-state index in [0.717, 1.165) is 50.0 Å². The highest BCUT2D eigenvalue weighted by Gasteiger charge is 2.27. The number of carbonyl (C=O) groups excluding carboxylic acids is 1. The third kappa shape index (κ3) is 6.99. The molecule has 2 unspecified atom stereocenters. The van der Waals surface area contributed by atoms with Gasteiger partial charge >= 0.3 is 6.09 Å². The number of amides is 1. The minimum Gasteiger partial charge on any atom is -0.444 e. The Kier molecular flexibility index (Phi) is 7.59. The van der Waals surface area contributed by atoms with Gasteiger partial charge in [-0.15, -0.1) is 0 Å². The number of alkyl carbamates (subject to hydrolysis) is 1. The van der Waals surface area contributed by atoms with Crippen molar-refractivity contribution in [2.45, 2.75) is 58.4 Å². The van der Waals surface area contributed by atoms with Crippen LogP contribution in [0.25, 0.3) is 0 Å². The second-order valence-corrected chi connectivity index (χ2v) is 9.13. The minimum atomic E-state index is -0.496. The summed E-state index contributed by atoms with van der Waals surface area (Å²) in [5.41, 5.74) is 0.595. The number of aromatic nitrogens is 1. The first-order chi connectivity index (χ1) is 14.7. The first-order valence-electron chi connectivity index (χ1n) is 11.0. The van der Waals surface area contributed by atoms with Crippen LogP contribution in [0, 0.1) is 0 Å². The maximum absolute atomic E-state index is 12.0. The van der Waals surface area contributed by atoms with E-state index in [-0.39, 0.29) is 18.2 Å². The molecule has 9 nitrogen and oxygen atoms in total. The van der Waals surface area contributed by atoms with Crippen molar-refractivity contribution in [1.29, 1.82) is 0 Å². The molecule has 0 bridgehead atoms. The van der Waals surface area contributed by atoms with Crippen molar-refractivity contribution >= 4 is 17.9 Å². The van der Waals surface area contributed by atoms with E-state index in [4.69, 9.17) is 9.47 Å². The highest BCUT2D eigenvalue weighted by Crippen LogP contribution is 2.16. The van der Waals surface area contributed by atoms with Gasteiger partial charge in [0.2, 0.25) is 0 Å². The molecule has 9 heteroatoms. The summed E-state index contributed by atoms with van der Waals surface area (Å²) < 4.78 is 11.0. The van der Waals surface area contributed by atoms with Crippen LogP contribution < -0.4 is 15.5 Å². The van der Waals surface area contributed by atoms with Crippen LogP contribution in [-0.4, -0.2) is 79.5 Å². The molecule has 0 saturated carbocycles. The smallest absolute Gasteiger partial charge is 0.407 e. The van der Waals surface area contributed by atoms with E-state index >= 15 is 0 Å². The van der Waals surface area contributed by atoms with Gasteiger partial charge in [0.15, 0.2) is 5.96 Å². The Bertz CT molecular complexity index is 762. The molecule has 1 aromatic heterocycles. The first kappa shape index (κ1) is 23.1. The Hall–Kier alpha value is -2.55. The van der Waals surface area contributed by atoms with Crippen molar-refractivity contribution < 1.29 is 14.3 Å². The molecule has 2 aliphatic rings. The predicted octanol–water partition coefficient (Wildman–Crippen LogP) is 1.98. The summed E-state index contributed by atoms with van der Waals surface area (Å²) in [7, 11) is 1.78. The van der Waals surface area contributed by atoms with Crippen molar-refractivity contribution in [3.05, 3.63) is 23.9 Å². The number of pyridine rings is 1. The zero-order valence-corrected chi connectivity index (χ0v) is 19.4. The summed E-state index contributed by atoms with van der Waals surface area (Å²) in [5, 5.41) is 6.35. The van der Waals surface area contributed by atoms with Crippen LogP contribution in [0.5, 0.6) is 0 Å². The topological polar surface area (TPSA) is 91.3 Å². The molecular formula is C22H36N6O3. The summed E-state index contributed by atoms with van der Waals surface area (Å²) in [4.78, 5) is 25.5. The lowest BCUT2D eigenvalue weighted by atomic mass is 10.2. The normalized spacial score (nSPS) is 22.4. The maximum Gasteiger partial charge on any atom is 0.407 e. The summed E-state index contributed by atoms with van der Waals surface area (Å²) in [6.07, 6.45) is 2.62. The number of aliphatic imine (C=N–C) groups is 1. The van der Waals surface area contributed by atoms with Crippen molar-refractivity contribution in [2.75, 3.05) is 44.7 Å². The molecule has 3 heterocycles. The summed E-state index contributed by atoms with van der Waals surface area (Å²) >= 11 is 0. The molecule has 172 valence electrons. The zero-order valence-electron chi connectivity index (χ0n) is 19.4. The number of hydrogen-bond acceptors (Lipinski definition) is 6. The third-order valence-electron chi connectivity index (χ3n) is 5.25. The molecule has 2 atom stereocenters. The Morgan fingerprint density at radius 1 is 1.32 bits per heavy atom. The lowest BCUT2D eigenvalue weighted by Crippen LogP contribution is -2.44. The van der Waals surface area contributed by atoms with Crippen molar-refractivity contribution in [3.63, 3.8) is 0 Å². The number of nitrogens with zero attached hydrogens (tertiary/aromatic N) is 4. The fourth-order valence-corrected chi connectivity index (χ4v) is 3.79.